The summed E-state index contributed by atoms with van der Waals surface area (Å²) < 4.78 is 0. The van der Waals surface area contributed by atoms with Crippen LogP contribution in [0, 0.1) is 11.3 Å². The van der Waals surface area contributed by atoms with Crippen molar-refractivity contribution in [3.05, 3.63) is 95.9 Å². The minimum absolute atomic E-state index is 0.162. The maximum Gasteiger partial charge on any atom is 0.126 e. The van der Waals surface area contributed by atoms with E-state index in [9.17, 15) is 0 Å². The van der Waals surface area contributed by atoms with Gasteiger partial charge in [-0.3, -0.25) is 4.98 Å². The van der Waals surface area contributed by atoms with Crippen LogP contribution >= 0.6 is 0 Å². The van der Waals surface area contributed by atoms with Gasteiger partial charge < -0.3 is 20.9 Å². The number of aromatic nitrogens is 3. The SMILES string of the molecule is CCc1cccc(-c2[nH]c(CNc3ccc(C#N)cc3)nc2C2=CC3NC=CNC3C=C2)n1. The minimum Gasteiger partial charge on any atom is -0.381 e. The van der Waals surface area contributed by atoms with Crippen LogP contribution in [-0.4, -0.2) is 27.0 Å². The van der Waals surface area contributed by atoms with Crippen LogP contribution in [0.2, 0.25) is 0 Å². The van der Waals surface area contributed by atoms with E-state index in [0.717, 1.165) is 46.3 Å². The summed E-state index contributed by atoms with van der Waals surface area (Å²) in [7, 11) is 0. The summed E-state index contributed by atoms with van der Waals surface area (Å²) >= 11 is 0. The monoisotopic (exact) mass is 435 g/mol. The third kappa shape index (κ3) is 4.37. The number of pyridine rings is 1. The number of H-pyrrole nitrogens is 1. The Morgan fingerprint density at radius 3 is 2.64 bits per heavy atom. The first-order valence-electron chi connectivity index (χ1n) is 11.1. The summed E-state index contributed by atoms with van der Waals surface area (Å²) in [6.07, 6.45) is 11.2. The molecule has 0 bridgehead atoms. The van der Waals surface area contributed by atoms with Gasteiger partial charge in [0, 0.05) is 29.4 Å². The van der Waals surface area contributed by atoms with E-state index in [4.69, 9.17) is 15.2 Å². The lowest BCUT2D eigenvalue weighted by molar-refractivity contribution is 0.534. The molecule has 2 aromatic heterocycles. The highest BCUT2D eigenvalue weighted by Gasteiger charge is 2.24. The van der Waals surface area contributed by atoms with Gasteiger partial charge in [0.1, 0.15) is 5.82 Å². The van der Waals surface area contributed by atoms with Crippen LogP contribution in [0.25, 0.3) is 17.0 Å². The van der Waals surface area contributed by atoms with E-state index in [1.165, 1.54) is 0 Å². The number of allylic oxidation sites excluding steroid dienone is 2. The smallest absolute Gasteiger partial charge is 0.126 e. The molecule has 7 heteroatoms. The summed E-state index contributed by atoms with van der Waals surface area (Å²) in [6.45, 7) is 2.63. The molecule has 0 saturated heterocycles. The predicted molar refractivity (Wildman–Crippen MR) is 130 cm³/mol. The highest BCUT2D eigenvalue weighted by Crippen LogP contribution is 2.30. The van der Waals surface area contributed by atoms with E-state index < -0.39 is 0 Å². The fraction of sp³-hybridized carbons (Fsp3) is 0.192. The van der Waals surface area contributed by atoms with Gasteiger partial charge in [0.2, 0.25) is 0 Å². The minimum atomic E-state index is 0.162. The highest BCUT2D eigenvalue weighted by atomic mass is 15.1. The quantitative estimate of drug-likeness (QED) is 0.469. The normalized spacial score (nSPS) is 18.5. The summed E-state index contributed by atoms with van der Waals surface area (Å²) in [5.74, 6) is 0.819. The zero-order chi connectivity index (χ0) is 22.6. The largest absolute Gasteiger partial charge is 0.381 e. The molecule has 33 heavy (non-hydrogen) atoms. The molecule has 3 aromatic rings. The van der Waals surface area contributed by atoms with Gasteiger partial charge in [-0.15, -0.1) is 0 Å². The third-order valence-electron chi connectivity index (χ3n) is 5.82. The second kappa shape index (κ2) is 9.05. The number of hydrogen-bond donors (Lipinski definition) is 4. The average Bonchev–Trinajstić information content (AvgIpc) is 3.32. The standard InChI is InChI=1S/C26H25N7/c1-2-19-4-3-5-22(31-19)26-25(18-8-11-21-23(14-18)29-13-12-28-21)32-24(33-26)16-30-20-9-6-17(15-27)7-10-20/h3-14,21,23,28-30H,2,16H2,1H3,(H,32,33). The lowest BCUT2D eigenvalue weighted by atomic mass is 9.94. The summed E-state index contributed by atoms with van der Waals surface area (Å²) in [6, 6.07) is 16.0. The van der Waals surface area contributed by atoms with Crippen LogP contribution in [0.15, 0.2) is 73.1 Å². The Bertz CT molecular complexity index is 1270. The van der Waals surface area contributed by atoms with Crippen molar-refractivity contribution in [2.45, 2.75) is 32.0 Å². The van der Waals surface area contributed by atoms with Crippen molar-refractivity contribution in [1.82, 2.24) is 25.6 Å². The topological polar surface area (TPSA) is 101 Å². The number of nitrogens with one attached hydrogen (secondary N) is 4. The number of fused-ring (bicyclic) bond motifs is 1. The molecule has 4 N–H and O–H groups in total. The molecule has 2 aliphatic rings. The molecule has 1 aliphatic heterocycles. The fourth-order valence-corrected chi connectivity index (χ4v) is 4.03. The van der Waals surface area contributed by atoms with Crippen molar-refractivity contribution in [2.24, 2.45) is 0 Å². The van der Waals surface area contributed by atoms with E-state index >= 15 is 0 Å². The number of imidazole rings is 1. The summed E-state index contributed by atoms with van der Waals surface area (Å²) in [5.41, 5.74) is 6.35. The van der Waals surface area contributed by atoms with Gasteiger partial charge in [0.25, 0.3) is 0 Å². The molecular weight excluding hydrogens is 410 g/mol. The highest BCUT2D eigenvalue weighted by molar-refractivity contribution is 5.82. The van der Waals surface area contributed by atoms with Crippen LogP contribution in [0.4, 0.5) is 5.69 Å². The molecule has 164 valence electrons. The predicted octanol–water partition coefficient (Wildman–Crippen LogP) is 3.87. The molecule has 7 nitrogen and oxygen atoms in total. The van der Waals surface area contributed by atoms with Gasteiger partial charge in [-0.2, -0.15) is 5.26 Å². The van der Waals surface area contributed by atoms with Gasteiger partial charge in [-0.05, 0) is 42.8 Å². The van der Waals surface area contributed by atoms with Crippen LogP contribution in [0.3, 0.4) is 0 Å². The Balaban J connectivity index is 1.47. The Hall–Kier alpha value is -4.31. The van der Waals surface area contributed by atoms with Crippen molar-refractivity contribution in [2.75, 3.05) is 5.32 Å². The molecule has 0 radical (unpaired) electrons. The molecule has 0 fully saturated rings. The lowest BCUT2D eigenvalue weighted by Crippen LogP contribution is -2.46. The molecule has 3 heterocycles. The number of rotatable bonds is 6. The van der Waals surface area contributed by atoms with Crippen LogP contribution < -0.4 is 16.0 Å². The van der Waals surface area contributed by atoms with Crippen molar-refractivity contribution in [3.63, 3.8) is 0 Å². The number of nitrogens with zero attached hydrogens (tertiary/aromatic N) is 3. The molecule has 0 saturated carbocycles. The van der Waals surface area contributed by atoms with E-state index in [1.54, 1.807) is 12.1 Å². The first kappa shape index (κ1) is 20.6. The first-order valence-corrected chi connectivity index (χ1v) is 11.1. The van der Waals surface area contributed by atoms with E-state index in [-0.39, 0.29) is 12.1 Å². The van der Waals surface area contributed by atoms with Gasteiger partial charge in [0.05, 0.1) is 47.3 Å². The first-order chi connectivity index (χ1) is 16.2. The fourth-order valence-electron chi connectivity index (χ4n) is 4.03. The molecule has 0 spiro atoms. The lowest BCUT2D eigenvalue weighted by Gasteiger charge is -2.29. The van der Waals surface area contributed by atoms with Gasteiger partial charge in [0.15, 0.2) is 0 Å². The van der Waals surface area contributed by atoms with Crippen LogP contribution in [-0.2, 0) is 13.0 Å². The maximum atomic E-state index is 9.00. The maximum absolute atomic E-state index is 9.00. The Labute approximate surface area is 193 Å². The Morgan fingerprint density at radius 1 is 1.03 bits per heavy atom. The Morgan fingerprint density at radius 2 is 1.85 bits per heavy atom. The molecule has 0 amide bonds. The molecule has 1 aliphatic carbocycles. The van der Waals surface area contributed by atoms with Crippen molar-refractivity contribution >= 4 is 11.3 Å². The van der Waals surface area contributed by atoms with Gasteiger partial charge in [-0.1, -0.05) is 31.2 Å². The summed E-state index contributed by atoms with van der Waals surface area (Å²) in [5, 5.41) is 19.1. The number of nitriles is 1. The van der Waals surface area contributed by atoms with Crippen molar-refractivity contribution in [1.29, 1.82) is 5.26 Å². The second-order valence-corrected chi connectivity index (χ2v) is 8.02. The molecular formula is C26H25N7. The zero-order valence-electron chi connectivity index (χ0n) is 18.3. The van der Waals surface area contributed by atoms with Crippen molar-refractivity contribution < 1.29 is 0 Å². The van der Waals surface area contributed by atoms with Gasteiger partial charge >= 0.3 is 0 Å². The Kier molecular flexibility index (Phi) is 5.64. The zero-order valence-corrected chi connectivity index (χ0v) is 18.3. The number of aryl methyl sites for hydroxylation is 1. The average molecular weight is 436 g/mol. The van der Waals surface area contributed by atoms with Crippen LogP contribution in [0.1, 0.15) is 29.7 Å². The molecule has 5 rings (SSSR count). The van der Waals surface area contributed by atoms with Gasteiger partial charge in [-0.25, -0.2) is 4.98 Å². The molecule has 2 atom stereocenters. The molecule has 1 aromatic carbocycles. The van der Waals surface area contributed by atoms with E-state index in [1.807, 2.05) is 42.7 Å². The van der Waals surface area contributed by atoms with Crippen LogP contribution in [0.5, 0.6) is 0 Å². The molecule has 2 unspecified atom stereocenters. The number of aromatic amines is 1. The van der Waals surface area contributed by atoms with E-state index in [0.29, 0.717) is 12.1 Å². The van der Waals surface area contributed by atoms with Crippen molar-refractivity contribution in [3.8, 4) is 17.5 Å². The third-order valence-corrected chi connectivity index (χ3v) is 5.82. The number of hydrogen-bond acceptors (Lipinski definition) is 6. The van der Waals surface area contributed by atoms with E-state index in [2.05, 4.69) is 52.2 Å². The number of benzene rings is 1. The number of anilines is 1. The summed E-state index contributed by atoms with van der Waals surface area (Å²) in [4.78, 5) is 13.3. The second-order valence-electron chi connectivity index (χ2n) is 8.02.